The number of benzene rings is 1. The molecule has 126 valence electrons. The van der Waals surface area contributed by atoms with E-state index in [1.165, 1.54) is 6.21 Å². The van der Waals surface area contributed by atoms with Crippen LogP contribution in [0.25, 0.3) is 0 Å². The monoisotopic (exact) mass is 359 g/mol. The number of hydrogen-bond acceptors (Lipinski definition) is 6. The Morgan fingerprint density at radius 3 is 2.74 bits per heavy atom. The molecule has 0 heterocycles. The van der Waals surface area contributed by atoms with E-state index < -0.39 is 5.97 Å². The van der Waals surface area contributed by atoms with Crippen molar-refractivity contribution in [2.24, 2.45) is 10.8 Å². The molecule has 0 amide bonds. The van der Waals surface area contributed by atoms with Crippen molar-refractivity contribution >= 4 is 41.1 Å². The minimum atomic E-state index is -0.489. The van der Waals surface area contributed by atoms with Crippen molar-refractivity contribution in [3.8, 4) is 11.5 Å². The van der Waals surface area contributed by atoms with Crippen LogP contribution in [-0.2, 0) is 9.53 Å². The first kappa shape index (κ1) is 19.0. The van der Waals surface area contributed by atoms with Gasteiger partial charge >= 0.3 is 5.97 Å². The van der Waals surface area contributed by atoms with Gasteiger partial charge in [0.25, 0.3) is 0 Å². The van der Waals surface area contributed by atoms with E-state index in [0.717, 1.165) is 0 Å². The maximum Gasteiger partial charge on any atom is 0.344 e. The topological polar surface area (TPSA) is 95.2 Å². The van der Waals surface area contributed by atoms with Crippen LogP contribution in [0.5, 0.6) is 11.5 Å². The summed E-state index contributed by atoms with van der Waals surface area (Å²) in [6, 6.07) is 3.27. The number of hydrogen-bond donors (Lipinski definition) is 2. The maximum absolute atomic E-state index is 11.4. The Morgan fingerprint density at radius 1 is 1.39 bits per heavy atom. The van der Waals surface area contributed by atoms with Crippen LogP contribution in [0.1, 0.15) is 19.4 Å². The molecule has 0 aliphatic carbocycles. The van der Waals surface area contributed by atoms with E-state index in [-0.39, 0.29) is 29.1 Å². The highest BCUT2D eigenvalue weighted by atomic mass is 35.5. The van der Waals surface area contributed by atoms with Crippen LogP contribution in [0.15, 0.2) is 17.2 Å². The van der Waals surface area contributed by atoms with Gasteiger partial charge in [-0.3, -0.25) is 5.43 Å². The minimum absolute atomic E-state index is 0.0479. The summed E-state index contributed by atoms with van der Waals surface area (Å²) >= 11 is 10.8. The zero-order valence-electron chi connectivity index (χ0n) is 12.8. The summed E-state index contributed by atoms with van der Waals surface area (Å²) in [5, 5.41) is 4.16. The maximum atomic E-state index is 11.4. The summed E-state index contributed by atoms with van der Waals surface area (Å²) < 4.78 is 15.7. The number of carbonyl (C=O) groups is 1. The third-order valence-corrected chi connectivity index (χ3v) is 2.73. The number of carbonyl (C=O) groups excluding carboxylic acids is 1. The summed E-state index contributed by atoms with van der Waals surface area (Å²) in [5.74, 6) is 0.166. The Hall–Kier alpha value is -2.06. The first-order chi connectivity index (χ1) is 11.0. The van der Waals surface area contributed by atoms with Crippen LogP contribution in [0.2, 0.25) is 5.02 Å². The molecule has 0 aliphatic rings. The number of esters is 1. The summed E-state index contributed by atoms with van der Waals surface area (Å²) in [7, 11) is 0. The largest absolute Gasteiger partial charge is 0.490 e. The molecule has 0 aromatic heterocycles. The predicted molar refractivity (Wildman–Crippen MR) is 92.3 cm³/mol. The number of nitrogens with zero attached hydrogens (tertiary/aromatic N) is 1. The normalized spacial score (nSPS) is 10.4. The molecule has 0 saturated heterocycles. The number of nitrogens with two attached hydrogens (primary N) is 1. The first-order valence-electron chi connectivity index (χ1n) is 6.81. The van der Waals surface area contributed by atoms with Crippen LogP contribution < -0.4 is 20.6 Å². The van der Waals surface area contributed by atoms with E-state index in [9.17, 15) is 4.79 Å². The van der Waals surface area contributed by atoms with E-state index in [1.54, 1.807) is 19.1 Å². The smallest absolute Gasteiger partial charge is 0.344 e. The fraction of sp³-hybridized carbons (Fsp3) is 0.357. The molecule has 0 unspecified atom stereocenters. The minimum Gasteiger partial charge on any atom is -0.490 e. The predicted octanol–water partition coefficient (Wildman–Crippen LogP) is 1.85. The van der Waals surface area contributed by atoms with E-state index in [2.05, 4.69) is 22.7 Å². The Kier molecular flexibility index (Phi) is 8.14. The van der Waals surface area contributed by atoms with Gasteiger partial charge in [-0.2, -0.15) is 5.10 Å². The fourth-order valence-corrected chi connectivity index (χ4v) is 1.90. The number of ether oxygens (including phenoxy) is 3. The van der Waals surface area contributed by atoms with Crippen LogP contribution >= 0.6 is 23.8 Å². The third-order valence-electron chi connectivity index (χ3n) is 2.36. The van der Waals surface area contributed by atoms with Crippen LogP contribution in [0.4, 0.5) is 0 Å². The second kappa shape index (κ2) is 9.86. The van der Waals surface area contributed by atoms with Gasteiger partial charge in [-0.15, -0.1) is 0 Å². The van der Waals surface area contributed by atoms with Crippen molar-refractivity contribution in [3.63, 3.8) is 0 Å². The van der Waals surface area contributed by atoms with E-state index in [0.29, 0.717) is 17.9 Å². The SMILES string of the molecule is CCOC(=O)COc1c(Cl)cc(/C=N/NC(N)=S)cc1OCC. The molecule has 0 radical (unpaired) electrons. The Bertz CT molecular complexity index is 596. The van der Waals surface area contributed by atoms with Gasteiger partial charge in [0.2, 0.25) is 0 Å². The average Bonchev–Trinajstić information content (AvgIpc) is 2.46. The quantitative estimate of drug-likeness (QED) is 0.316. The van der Waals surface area contributed by atoms with Gasteiger partial charge in [0, 0.05) is 0 Å². The second-order valence-corrected chi connectivity index (χ2v) is 4.94. The highest BCUT2D eigenvalue weighted by Gasteiger charge is 2.14. The molecule has 0 aliphatic heterocycles. The third kappa shape index (κ3) is 6.70. The molecule has 0 spiro atoms. The van der Waals surface area contributed by atoms with Crippen molar-refractivity contribution in [2.45, 2.75) is 13.8 Å². The fourth-order valence-electron chi connectivity index (χ4n) is 1.57. The van der Waals surface area contributed by atoms with Crippen LogP contribution in [0, 0.1) is 0 Å². The number of thiocarbonyl (C=S) groups is 1. The molecule has 23 heavy (non-hydrogen) atoms. The van der Waals surface area contributed by atoms with E-state index >= 15 is 0 Å². The van der Waals surface area contributed by atoms with Gasteiger partial charge in [0.1, 0.15) is 0 Å². The lowest BCUT2D eigenvalue weighted by Crippen LogP contribution is -2.24. The molecule has 1 rings (SSSR count). The molecule has 0 saturated carbocycles. The first-order valence-corrected chi connectivity index (χ1v) is 7.59. The number of nitrogens with one attached hydrogen (secondary N) is 1. The summed E-state index contributed by atoms with van der Waals surface area (Å²) in [4.78, 5) is 11.4. The molecule has 0 fully saturated rings. The zero-order chi connectivity index (χ0) is 17.2. The molecule has 0 bridgehead atoms. The number of rotatable bonds is 8. The molecular formula is C14H18ClN3O4S. The van der Waals surface area contributed by atoms with Crippen molar-refractivity contribution < 1.29 is 19.0 Å². The molecule has 7 nitrogen and oxygen atoms in total. The van der Waals surface area contributed by atoms with E-state index in [4.69, 9.17) is 31.5 Å². The average molecular weight is 360 g/mol. The Labute approximate surface area is 144 Å². The standard InChI is InChI=1S/C14H18ClN3O4S/c1-3-20-11-6-9(7-17-18-14(16)23)5-10(15)13(11)22-8-12(19)21-4-2/h5-7H,3-4,8H2,1-2H3,(H3,16,18,23)/b17-7+. The molecule has 3 N–H and O–H groups in total. The number of halogens is 1. The lowest BCUT2D eigenvalue weighted by molar-refractivity contribution is -0.145. The number of hydrazone groups is 1. The summed E-state index contributed by atoms with van der Waals surface area (Å²) in [5.41, 5.74) is 8.35. The summed E-state index contributed by atoms with van der Waals surface area (Å²) in [6.45, 7) is 3.95. The van der Waals surface area contributed by atoms with Crippen molar-refractivity contribution in [1.82, 2.24) is 5.43 Å². The second-order valence-electron chi connectivity index (χ2n) is 4.09. The van der Waals surface area contributed by atoms with Gasteiger partial charge in [-0.25, -0.2) is 4.79 Å². The van der Waals surface area contributed by atoms with Crippen molar-refractivity contribution in [2.75, 3.05) is 19.8 Å². The van der Waals surface area contributed by atoms with Crippen LogP contribution in [-0.4, -0.2) is 37.1 Å². The van der Waals surface area contributed by atoms with Gasteiger partial charge in [0.05, 0.1) is 24.5 Å². The Balaban J connectivity index is 2.94. The van der Waals surface area contributed by atoms with Crippen LogP contribution in [0.3, 0.4) is 0 Å². The van der Waals surface area contributed by atoms with E-state index in [1.807, 2.05) is 6.92 Å². The highest BCUT2D eigenvalue weighted by molar-refractivity contribution is 7.80. The van der Waals surface area contributed by atoms with Gasteiger partial charge in [-0.05, 0) is 43.8 Å². The Morgan fingerprint density at radius 2 is 2.13 bits per heavy atom. The van der Waals surface area contributed by atoms with Gasteiger partial charge < -0.3 is 19.9 Å². The molecule has 1 aromatic carbocycles. The lowest BCUT2D eigenvalue weighted by Gasteiger charge is -2.14. The molecular weight excluding hydrogens is 342 g/mol. The molecule has 9 heteroatoms. The molecule has 0 atom stereocenters. The summed E-state index contributed by atoms with van der Waals surface area (Å²) in [6.07, 6.45) is 1.47. The van der Waals surface area contributed by atoms with Crippen molar-refractivity contribution in [1.29, 1.82) is 0 Å². The lowest BCUT2D eigenvalue weighted by atomic mass is 10.2. The molecule has 1 aromatic rings. The van der Waals surface area contributed by atoms with Gasteiger partial charge in [-0.1, -0.05) is 11.6 Å². The highest BCUT2D eigenvalue weighted by Crippen LogP contribution is 2.36. The van der Waals surface area contributed by atoms with Crippen molar-refractivity contribution in [3.05, 3.63) is 22.7 Å². The van der Waals surface area contributed by atoms with Gasteiger partial charge in [0.15, 0.2) is 23.2 Å². The zero-order valence-corrected chi connectivity index (χ0v) is 14.4.